The maximum Gasteiger partial charge on any atom is 2.00 e. The topological polar surface area (TPSA) is 25.3 Å². The van der Waals surface area contributed by atoms with Gasteiger partial charge in [-0.15, -0.1) is 0 Å². The molecule has 0 saturated heterocycles. The van der Waals surface area contributed by atoms with Crippen molar-refractivity contribution < 1.29 is 21.2 Å². The molecule has 1 aliphatic rings. The van der Waals surface area contributed by atoms with Crippen LogP contribution in [0.1, 0.15) is 146 Å². The summed E-state index contributed by atoms with van der Waals surface area (Å²) in [6.45, 7) is 9.07. The van der Waals surface area contributed by atoms with Crippen molar-refractivity contribution in [3.8, 4) is 0 Å². The van der Waals surface area contributed by atoms with E-state index in [4.69, 9.17) is 0 Å². The Morgan fingerprint density at radius 3 is 1.57 bits per heavy atom. The quantitative estimate of drug-likeness (QED) is 0.0650. The van der Waals surface area contributed by atoms with Crippen LogP contribution in [0.3, 0.4) is 0 Å². The minimum atomic E-state index is 0. The SMILES string of the molecule is CCCCCCC1=C(c2ccc(CCCCCC)cc2)[N+](=[N-])C(c2cccc(CCCCC)c2)=C1CCCC.[CH3-].[CH3-].[Ni+2]. The summed E-state index contributed by atoms with van der Waals surface area (Å²) in [6.07, 6.45) is 20.4. The molecule has 0 aliphatic carbocycles. The summed E-state index contributed by atoms with van der Waals surface area (Å²) < 4.78 is 1.56. The van der Waals surface area contributed by atoms with Gasteiger partial charge in [0.2, 0.25) is 11.4 Å². The summed E-state index contributed by atoms with van der Waals surface area (Å²) in [5.41, 5.74) is 21.7. The van der Waals surface area contributed by atoms with E-state index in [0.29, 0.717) is 0 Å². The van der Waals surface area contributed by atoms with Crippen LogP contribution in [0, 0.1) is 14.9 Å². The standard InChI is InChI=1S/C37H54N2.2CH3.Ni/c1-5-9-13-16-19-30-25-27-32(28-26-30)36-35(24-17-14-10-6-2)34(23-12-8-4)37(39(36)38)33-22-18-21-31(29-33)20-15-11-7-3;;;/h18,21-22,25-29H,5-17,19-20,23-24H2,1-4H3;2*1H3;/q;2*-1;+2. The number of hydrogen-bond acceptors (Lipinski definition) is 0. The second-order valence-electron chi connectivity index (χ2n) is 11.5. The maximum absolute atomic E-state index is 11.9. The first-order valence-electron chi connectivity index (χ1n) is 16.3. The Hall–Kier alpha value is -1.99. The van der Waals surface area contributed by atoms with E-state index >= 15 is 0 Å². The monoisotopic (exact) mass is 614 g/mol. The fourth-order valence-electron chi connectivity index (χ4n) is 5.91. The van der Waals surface area contributed by atoms with Gasteiger partial charge < -0.3 is 20.4 Å². The van der Waals surface area contributed by atoms with Gasteiger partial charge in [0.1, 0.15) is 0 Å². The van der Waals surface area contributed by atoms with E-state index < -0.39 is 0 Å². The molecule has 0 amide bonds. The van der Waals surface area contributed by atoms with Crippen molar-refractivity contribution in [2.24, 2.45) is 0 Å². The third-order valence-electron chi connectivity index (χ3n) is 8.24. The number of benzene rings is 2. The minimum Gasteiger partial charge on any atom is -0.493 e. The van der Waals surface area contributed by atoms with E-state index in [-0.39, 0.29) is 31.3 Å². The van der Waals surface area contributed by atoms with Crippen LogP contribution < -0.4 is 0 Å². The van der Waals surface area contributed by atoms with Crippen molar-refractivity contribution in [1.29, 1.82) is 0 Å². The van der Waals surface area contributed by atoms with Gasteiger partial charge in [-0.3, -0.25) is 0 Å². The summed E-state index contributed by atoms with van der Waals surface area (Å²) in [5.74, 6) is 0. The summed E-state index contributed by atoms with van der Waals surface area (Å²) in [6, 6.07) is 18.0. The Morgan fingerprint density at radius 1 is 0.500 bits per heavy atom. The second kappa shape index (κ2) is 22.5. The molecule has 0 atom stereocenters. The van der Waals surface area contributed by atoms with Crippen LogP contribution in [0.15, 0.2) is 59.7 Å². The minimum absolute atomic E-state index is 0. The Bertz CT molecular complexity index is 1090. The molecule has 2 aromatic rings. The Kier molecular flexibility index (Phi) is 21.5. The Balaban J connectivity index is 0.00000560. The molecular formula is C39H60N2Ni. The zero-order valence-electron chi connectivity index (χ0n) is 27.9. The average Bonchev–Trinajstić information content (AvgIpc) is 3.23. The first-order chi connectivity index (χ1) is 19.1. The third-order valence-corrected chi connectivity index (χ3v) is 8.24. The smallest absolute Gasteiger partial charge is 0.493 e. The Labute approximate surface area is 270 Å². The summed E-state index contributed by atoms with van der Waals surface area (Å²) in [7, 11) is 0. The van der Waals surface area contributed by atoms with Crippen LogP contribution >= 0.6 is 0 Å². The molecule has 1 aliphatic heterocycles. The molecule has 0 fully saturated rings. The molecule has 0 radical (unpaired) electrons. The van der Waals surface area contributed by atoms with Crippen molar-refractivity contribution in [2.75, 3.05) is 0 Å². The number of nitrogens with zero attached hydrogens (tertiary/aromatic N) is 2. The summed E-state index contributed by atoms with van der Waals surface area (Å²) >= 11 is 0. The molecule has 0 aromatic heterocycles. The average molecular weight is 616 g/mol. The van der Waals surface area contributed by atoms with Gasteiger partial charge in [0.05, 0.1) is 0 Å². The van der Waals surface area contributed by atoms with Gasteiger partial charge in [0.15, 0.2) is 0 Å². The molecule has 3 rings (SSSR count). The third kappa shape index (κ3) is 11.6. The zero-order chi connectivity index (χ0) is 27.9. The van der Waals surface area contributed by atoms with Crippen LogP contribution in [-0.4, -0.2) is 4.70 Å². The molecule has 2 aromatic carbocycles. The molecule has 3 heteroatoms. The van der Waals surface area contributed by atoms with Gasteiger partial charge in [-0.25, -0.2) is 4.70 Å². The van der Waals surface area contributed by atoms with Crippen LogP contribution in [0.4, 0.5) is 0 Å². The van der Waals surface area contributed by atoms with E-state index in [1.807, 2.05) is 0 Å². The fraction of sp³-hybridized carbons (Fsp3) is 0.538. The van der Waals surface area contributed by atoms with Crippen molar-refractivity contribution in [3.05, 3.63) is 102 Å². The number of hydrogen-bond donors (Lipinski definition) is 0. The molecule has 1 heterocycles. The molecular weight excluding hydrogens is 555 g/mol. The van der Waals surface area contributed by atoms with Crippen LogP contribution in [0.2, 0.25) is 0 Å². The number of unbranched alkanes of at least 4 members (excludes halogenated alkanes) is 9. The van der Waals surface area contributed by atoms with Gasteiger partial charge in [0, 0.05) is 22.3 Å². The fourth-order valence-corrected chi connectivity index (χ4v) is 5.91. The van der Waals surface area contributed by atoms with E-state index in [9.17, 15) is 5.53 Å². The Morgan fingerprint density at radius 2 is 0.976 bits per heavy atom. The molecule has 0 unspecified atom stereocenters. The molecule has 0 spiro atoms. The van der Waals surface area contributed by atoms with Crippen LogP contribution in [-0.2, 0) is 29.3 Å². The predicted molar refractivity (Wildman–Crippen MR) is 183 cm³/mol. The molecule has 2 nitrogen and oxygen atoms in total. The van der Waals surface area contributed by atoms with Crippen molar-refractivity contribution in [1.82, 2.24) is 0 Å². The van der Waals surface area contributed by atoms with Crippen molar-refractivity contribution in [2.45, 2.75) is 137 Å². The maximum atomic E-state index is 11.9. The van der Waals surface area contributed by atoms with Crippen molar-refractivity contribution in [3.63, 3.8) is 0 Å². The summed E-state index contributed by atoms with van der Waals surface area (Å²) in [5, 5.41) is 0. The van der Waals surface area contributed by atoms with E-state index in [2.05, 4.69) is 76.2 Å². The van der Waals surface area contributed by atoms with Gasteiger partial charge in [-0.1, -0.05) is 110 Å². The first kappa shape index (κ1) is 40.0. The molecule has 42 heavy (non-hydrogen) atoms. The van der Waals surface area contributed by atoms with E-state index in [1.165, 1.54) is 92.9 Å². The van der Waals surface area contributed by atoms with Crippen LogP contribution in [0.5, 0.6) is 0 Å². The van der Waals surface area contributed by atoms with Crippen molar-refractivity contribution >= 4 is 11.4 Å². The van der Waals surface area contributed by atoms with E-state index in [1.54, 1.807) is 4.70 Å². The summed E-state index contributed by atoms with van der Waals surface area (Å²) in [4.78, 5) is 0. The van der Waals surface area contributed by atoms with Gasteiger partial charge >= 0.3 is 16.5 Å². The van der Waals surface area contributed by atoms with E-state index in [0.717, 1.165) is 61.0 Å². The van der Waals surface area contributed by atoms with Gasteiger partial charge in [0.25, 0.3) is 0 Å². The normalized spacial score (nSPS) is 12.7. The molecule has 0 bridgehead atoms. The van der Waals surface area contributed by atoms with Crippen LogP contribution in [0.25, 0.3) is 16.9 Å². The molecule has 236 valence electrons. The van der Waals surface area contributed by atoms with Gasteiger partial charge in [-0.05, 0) is 86.8 Å². The second-order valence-corrected chi connectivity index (χ2v) is 11.5. The zero-order valence-corrected chi connectivity index (χ0v) is 28.8. The first-order valence-corrected chi connectivity index (χ1v) is 16.3. The number of rotatable bonds is 19. The van der Waals surface area contributed by atoms with Gasteiger partial charge in [-0.2, -0.15) is 0 Å². The largest absolute Gasteiger partial charge is 2.00 e. The molecule has 0 N–H and O–H groups in total. The predicted octanol–water partition coefficient (Wildman–Crippen LogP) is 12.8. The number of aryl methyl sites for hydroxylation is 2. The number of allylic oxidation sites excluding steroid dienone is 2. The molecule has 0 saturated carbocycles.